The summed E-state index contributed by atoms with van der Waals surface area (Å²) in [5, 5.41) is 0.598. The maximum absolute atomic E-state index is 13.0. The van der Waals surface area contributed by atoms with Crippen LogP contribution in [0.4, 0.5) is 4.39 Å². The van der Waals surface area contributed by atoms with Crippen molar-refractivity contribution in [2.24, 2.45) is 0 Å². The predicted molar refractivity (Wildman–Crippen MR) is 58.2 cm³/mol. The van der Waals surface area contributed by atoms with Crippen LogP contribution in [-0.2, 0) is 4.57 Å². The standard InChI is InChI=1S/C8H9FIOP/c1-12(2,11)6-3-4-8(10)7(9)5-6/h3-5H,1-2H3. The minimum absolute atomic E-state index is 0.294. The fourth-order valence-corrected chi connectivity index (χ4v) is 2.01. The van der Waals surface area contributed by atoms with Crippen molar-refractivity contribution in [3.8, 4) is 0 Å². The Morgan fingerprint density at radius 2 is 2.00 bits per heavy atom. The molecule has 1 aromatic rings. The van der Waals surface area contributed by atoms with Crippen molar-refractivity contribution < 1.29 is 8.96 Å². The van der Waals surface area contributed by atoms with Gasteiger partial charge in [-0.1, -0.05) is 6.07 Å². The minimum atomic E-state index is -2.31. The molecule has 0 aliphatic rings. The summed E-state index contributed by atoms with van der Waals surface area (Å²) in [6, 6.07) is 4.71. The van der Waals surface area contributed by atoms with Crippen LogP contribution in [0.25, 0.3) is 0 Å². The Kier molecular flexibility index (Phi) is 2.94. The fraction of sp³-hybridized carbons (Fsp3) is 0.250. The van der Waals surface area contributed by atoms with Crippen LogP contribution in [0.5, 0.6) is 0 Å². The van der Waals surface area contributed by atoms with Gasteiger partial charge in [-0.3, -0.25) is 0 Å². The molecule has 1 rings (SSSR count). The Morgan fingerprint density at radius 1 is 1.42 bits per heavy atom. The first-order chi connectivity index (χ1) is 5.41. The molecule has 0 amide bonds. The van der Waals surface area contributed by atoms with Crippen molar-refractivity contribution in [3.63, 3.8) is 0 Å². The molecule has 12 heavy (non-hydrogen) atoms. The van der Waals surface area contributed by atoms with Crippen LogP contribution in [0.2, 0.25) is 0 Å². The number of benzene rings is 1. The van der Waals surface area contributed by atoms with E-state index in [-0.39, 0.29) is 5.82 Å². The third-order valence-corrected chi connectivity index (χ3v) is 3.92. The maximum Gasteiger partial charge on any atom is 0.137 e. The largest absolute Gasteiger partial charge is 0.319 e. The number of rotatable bonds is 1. The summed E-state index contributed by atoms with van der Waals surface area (Å²) < 4.78 is 25.1. The molecule has 0 saturated carbocycles. The van der Waals surface area contributed by atoms with Gasteiger partial charge in [0.2, 0.25) is 0 Å². The van der Waals surface area contributed by atoms with Crippen LogP contribution < -0.4 is 5.30 Å². The summed E-state index contributed by atoms with van der Waals surface area (Å²) in [6.45, 7) is 3.27. The van der Waals surface area contributed by atoms with Crippen LogP contribution >= 0.6 is 29.7 Å². The molecule has 0 aliphatic carbocycles. The number of hydrogen-bond acceptors (Lipinski definition) is 1. The molecule has 0 spiro atoms. The Balaban J connectivity index is 3.23. The topological polar surface area (TPSA) is 17.1 Å². The first-order valence-electron chi connectivity index (χ1n) is 3.42. The monoisotopic (exact) mass is 298 g/mol. The van der Waals surface area contributed by atoms with Crippen molar-refractivity contribution in [3.05, 3.63) is 27.6 Å². The molecular formula is C8H9FIOP. The first kappa shape index (κ1) is 10.2. The van der Waals surface area contributed by atoms with E-state index in [4.69, 9.17) is 0 Å². The first-order valence-corrected chi connectivity index (χ1v) is 7.10. The predicted octanol–water partition coefficient (Wildman–Crippen LogP) is 2.68. The summed E-state index contributed by atoms with van der Waals surface area (Å²) in [6.07, 6.45) is 0. The lowest BCUT2D eigenvalue weighted by Gasteiger charge is -2.06. The van der Waals surface area contributed by atoms with Gasteiger partial charge in [0.05, 0.1) is 0 Å². The fourth-order valence-electron chi connectivity index (χ4n) is 0.820. The van der Waals surface area contributed by atoms with Gasteiger partial charge in [0, 0.05) is 8.87 Å². The molecule has 0 N–H and O–H groups in total. The lowest BCUT2D eigenvalue weighted by atomic mass is 10.3. The minimum Gasteiger partial charge on any atom is -0.319 e. The van der Waals surface area contributed by atoms with E-state index in [0.29, 0.717) is 8.87 Å². The molecule has 0 bridgehead atoms. The average molecular weight is 298 g/mol. The van der Waals surface area contributed by atoms with Gasteiger partial charge in [0.1, 0.15) is 13.0 Å². The third kappa shape index (κ3) is 2.30. The highest BCUT2D eigenvalue weighted by atomic mass is 127. The summed E-state index contributed by atoms with van der Waals surface area (Å²) in [5.74, 6) is -0.294. The zero-order valence-electron chi connectivity index (χ0n) is 6.84. The molecular weight excluding hydrogens is 289 g/mol. The molecule has 0 aromatic heterocycles. The molecule has 0 saturated heterocycles. The van der Waals surface area contributed by atoms with Crippen LogP contribution in [-0.4, -0.2) is 13.3 Å². The SMILES string of the molecule is CP(C)(=O)c1ccc(I)c(F)c1. The summed E-state index contributed by atoms with van der Waals surface area (Å²) in [7, 11) is -2.31. The highest BCUT2D eigenvalue weighted by molar-refractivity contribution is 14.1. The van der Waals surface area contributed by atoms with Crippen molar-refractivity contribution in [1.82, 2.24) is 0 Å². The lowest BCUT2D eigenvalue weighted by molar-refractivity contribution is 0.587. The smallest absolute Gasteiger partial charge is 0.137 e. The average Bonchev–Trinajstić information content (AvgIpc) is 1.92. The van der Waals surface area contributed by atoms with E-state index in [2.05, 4.69) is 0 Å². The van der Waals surface area contributed by atoms with Crippen molar-refractivity contribution in [2.75, 3.05) is 13.3 Å². The Hall–Kier alpha value is 0.110. The number of hydrogen-bond donors (Lipinski definition) is 0. The van der Waals surface area contributed by atoms with Crippen LogP contribution in [0, 0.1) is 9.39 Å². The Morgan fingerprint density at radius 3 is 2.42 bits per heavy atom. The second kappa shape index (κ2) is 3.46. The second-order valence-corrected chi connectivity index (χ2v) is 7.33. The van der Waals surface area contributed by atoms with Crippen LogP contribution in [0.15, 0.2) is 18.2 Å². The van der Waals surface area contributed by atoms with Gasteiger partial charge in [0.15, 0.2) is 0 Å². The van der Waals surface area contributed by atoms with Gasteiger partial charge < -0.3 is 4.57 Å². The molecule has 0 radical (unpaired) electrons. The third-order valence-electron chi connectivity index (χ3n) is 1.52. The highest BCUT2D eigenvalue weighted by Crippen LogP contribution is 2.34. The molecule has 1 aromatic carbocycles. The van der Waals surface area contributed by atoms with Crippen LogP contribution in [0.3, 0.4) is 0 Å². The zero-order chi connectivity index (χ0) is 9.35. The lowest BCUT2D eigenvalue weighted by Crippen LogP contribution is -2.04. The van der Waals surface area contributed by atoms with E-state index >= 15 is 0 Å². The highest BCUT2D eigenvalue weighted by Gasteiger charge is 2.12. The molecule has 0 heterocycles. The van der Waals surface area contributed by atoms with Gasteiger partial charge in [-0.05, 0) is 48.1 Å². The molecule has 66 valence electrons. The van der Waals surface area contributed by atoms with E-state index in [1.807, 2.05) is 22.6 Å². The van der Waals surface area contributed by atoms with Crippen molar-refractivity contribution >= 4 is 35.0 Å². The zero-order valence-corrected chi connectivity index (χ0v) is 9.90. The molecule has 0 aliphatic heterocycles. The van der Waals surface area contributed by atoms with Gasteiger partial charge >= 0.3 is 0 Å². The summed E-state index contributed by atoms with van der Waals surface area (Å²) >= 11 is 1.90. The van der Waals surface area contributed by atoms with Crippen LogP contribution in [0.1, 0.15) is 0 Å². The van der Waals surface area contributed by atoms with E-state index in [9.17, 15) is 8.96 Å². The second-order valence-electron chi connectivity index (χ2n) is 2.95. The van der Waals surface area contributed by atoms with Gasteiger partial charge in [0.25, 0.3) is 0 Å². The summed E-state index contributed by atoms with van der Waals surface area (Å²) in [4.78, 5) is 0. The van der Waals surface area contributed by atoms with Gasteiger partial charge in [-0.2, -0.15) is 0 Å². The molecule has 0 fully saturated rings. The molecule has 0 unspecified atom stereocenters. The van der Waals surface area contributed by atoms with Gasteiger partial charge in [-0.15, -0.1) is 0 Å². The van der Waals surface area contributed by atoms with Crippen molar-refractivity contribution in [1.29, 1.82) is 0 Å². The van der Waals surface area contributed by atoms with Crippen molar-refractivity contribution in [2.45, 2.75) is 0 Å². The van der Waals surface area contributed by atoms with E-state index in [0.717, 1.165) is 0 Å². The quantitative estimate of drug-likeness (QED) is 0.575. The van der Waals surface area contributed by atoms with E-state index < -0.39 is 7.14 Å². The summed E-state index contributed by atoms with van der Waals surface area (Å²) in [5.41, 5.74) is 0. The van der Waals surface area contributed by atoms with E-state index in [1.165, 1.54) is 6.07 Å². The number of halogens is 2. The Labute approximate surface area is 84.9 Å². The maximum atomic E-state index is 13.0. The normalized spacial score (nSPS) is 11.7. The molecule has 1 nitrogen and oxygen atoms in total. The molecule has 0 atom stereocenters. The van der Waals surface area contributed by atoms with E-state index in [1.54, 1.807) is 25.5 Å². The Bertz CT molecular complexity index is 345. The molecule has 4 heteroatoms. The van der Waals surface area contributed by atoms with Gasteiger partial charge in [-0.25, -0.2) is 4.39 Å².